The molecule has 4 aromatic heterocycles. The average Bonchev–Trinajstić information content (AvgIpc) is 0.825. The smallest absolute Gasteiger partial charge is 0.277 e. The lowest BCUT2D eigenvalue weighted by Gasteiger charge is -2.39. The second-order valence-corrected chi connectivity index (χ2v) is 43.7. The Balaban J connectivity index is 0.000000182. The van der Waals surface area contributed by atoms with E-state index >= 15 is 0 Å². The molecule has 2 atom stereocenters. The standard InChI is InChI=1S/C48H54ClN7O8S2.C47H50ClN7O8S/c1-48(2)12-10-35(42(27-48)33-4-6-36(49)7-5-33)30-53-14-16-55(17-15-53)37-8-9-40(45(24-37)64-38-23-34-11-13-50-46(34)51-28-38)47(57)52-66(61,62)39-25-43(56(58)59)41-22-32(31-63-44(41)26-39)29-54-18-20-65(3,60)21-19-54;1-47(2)13-11-33(40(25-47)31-5-7-34(48)8-6-31)28-52-16-18-53(19-17-52)35-9-10-38(43(22-35)63-36-21-32-12-14-49-45(32)50-26-36)46(57)51-64(60,61)37-23-41(55(58)59)39-20-30(29-62-42(39)24-37)27-54-15-3-4-44(54)56/h4-9,11,13,23-26,28,32H,3,10,12,14-22,27,29-31H2,1-2H3,(H,50,51)(H,52,57);5-10,12,14,21-24,26,30H,3-4,11,13,15-20,25,27-29H2,1-2H3,(H,49,50)(H,51,57)/t32-;30-/m10/s1. The van der Waals surface area contributed by atoms with E-state index in [1.165, 1.54) is 70.1 Å². The van der Waals surface area contributed by atoms with Crippen LogP contribution < -0.4 is 38.2 Å². The predicted molar refractivity (Wildman–Crippen MR) is 503 cm³/mol. The van der Waals surface area contributed by atoms with Crippen LogP contribution >= 0.6 is 23.2 Å². The highest BCUT2D eigenvalue weighted by Crippen LogP contribution is 2.47. The number of nitro benzene ring substituents is 2. The zero-order chi connectivity index (χ0) is 91.1. The lowest BCUT2D eigenvalue weighted by molar-refractivity contribution is -0.386. The number of nitro groups is 2. The first kappa shape index (κ1) is 90.5. The first-order valence-corrected chi connectivity index (χ1v) is 49.7. The van der Waals surface area contributed by atoms with Crippen molar-refractivity contribution in [1.82, 2.24) is 49.0 Å². The minimum absolute atomic E-state index is 0.0367. The maximum atomic E-state index is 14.1. The van der Waals surface area contributed by atoms with Crippen LogP contribution in [0, 0.1) is 42.9 Å². The first-order valence-electron chi connectivity index (χ1n) is 43.9. The number of carbonyl (C=O) groups excluding carboxylic acids is 3. The Morgan fingerprint density at radius 3 is 1.41 bits per heavy atom. The number of amides is 3. The number of rotatable bonds is 24. The van der Waals surface area contributed by atoms with E-state index in [9.17, 15) is 55.7 Å². The van der Waals surface area contributed by atoms with Gasteiger partial charge in [-0.2, -0.15) is 0 Å². The number of ether oxygens (including phenoxy) is 4. The number of piperazine rings is 2. The Morgan fingerprint density at radius 1 is 0.562 bits per heavy atom. The summed E-state index contributed by atoms with van der Waals surface area (Å²) in [5.41, 5.74) is 11.1. The van der Waals surface area contributed by atoms with E-state index in [2.05, 4.69) is 112 Å². The van der Waals surface area contributed by atoms with Crippen molar-refractivity contribution in [3.63, 3.8) is 0 Å². The number of hydrogen-bond acceptors (Lipinski definition) is 23. The van der Waals surface area contributed by atoms with Gasteiger partial charge < -0.3 is 48.5 Å². The van der Waals surface area contributed by atoms with Gasteiger partial charge in [0, 0.05) is 209 Å². The summed E-state index contributed by atoms with van der Waals surface area (Å²) in [6, 6.07) is 38.0. The van der Waals surface area contributed by atoms with Crippen LogP contribution in [0.25, 0.3) is 33.2 Å². The molecule has 130 heavy (non-hydrogen) atoms. The highest BCUT2D eigenvalue weighted by Gasteiger charge is 2.39. The topological polar surface area (TPSA) is 361 Å². The number of anilines is 2. The molecule has 0 bridgehead atoms. The molecule has 35 heteroatoms. The molecule has 4 saturated heterocycles. The molecule has 4 N–H and O–H groups in total. The summed E-state index contributed by atoms with van der Waals surface area (Å²) in [6.45, 7) is 20.3. The number of H-pyrrole nitrogens is 2. The van der Waals surface area contributed by atoms with E-state index in [0.29, 0.717) is 106 Å². The molecule has 10 aromatic rings. The van der Waals surface area contributed by atoms with Crippen molar-refractivity contribution in [2.45, 2.75) is 102 Å². The van der Waals surface area contributed by atoms with Crippen molar-refractivity contribution in [1.29, 1.82) is 0 Å². The van der Waals surface area contributed by atoms with Crippen molar-refractivity contribution >= 4 is 132 Å². The van der Waals surface area contributed by atoms with Gasteiger partial charge in [-0.05, 0) is 179 Å². The molecule has 3 amide bonds. The van der Waals surface area contributed by atoms with Crippen LogP contribution in [0.5, 0.6) is 34.5 Å². The Kier molecular flexibility index (Phi) is 26.1. The fourth-order valence-electron chi connectivity index (χ4n) is 18.9. The van der Waals surface area contributed by atoms with Crippen molar-refractivity contribution < 1.29 is 64.2 Å². The SMILES string of the molecule is C=S1(=O)CCN(C[C@@H]2COc3cc(S(=O)(=O)NC(=O)c4ccc(N5CCN(CC6=C(c7ccc(Cl)cc7)CC(C)(C)CC6)CC5)cc4Oc4cnc5[nH]ccc5c4)cc([N+](=O)[O-])c3C2)CC1.CC1(C)CCC(CN2CCN(c3ccc(C(=O)NS(=O)(=O)c4cc5c(c([N+](=O)[O-])c4)C[C@@H](CN4CCCC4=O)CO5)c(Oc4cnc5[nH]ccc5c4)c3)CC2)=C(c2ccc(Cl)cc2)C1. The molecular formula is C95H104Cl2N14O16S3. The van der Waals surface area contributed by atoms with E-state index in [1.807, 2.05) is 36.4 Å². The van der Waals surface area contributed by atoms with Gasteiger partial charge >= 0.3 is 0 Å². The zero-order valence-corrected chi connectivity index (χ0v) is 76.8. The maximum Gasteiger partial charge on any atom is 0.277 e. The van der Waals surface area contributed by atoms with Crippen molar-refractivity contribution in [2.24, 2.45) is 22.7 Å². The largest absolute Gasteiger partial charge is 0.493 e. The third kappa shape index (κ3) is 21.0. The van der Waals surface area contributed by atoms with E-state index in [4.69, 9.17) is 42.1 Å². The molecule has 8 aliphatic rings. The number of hydrogen-bond donors (Lipinski definition) is 4. The Labute approximate surface area is 765 Å². The quantitative estimate of drug-likeness (QED) is 0.0248. The van der Waals surface area contributed by atoms with Gasteiger partial charge in [-0.3, -0.25) is 48.6 Å². The summed E-state index contributed by atoms with van der Waals surface area (Å²) in [5.74, 6) is 3.59. The summed E-state index contributed by atoms with van der Waals surface area (Å²) < 4.78 is 96.9. The molecule has 18 rings (SSSR count). The number of nitrogens with zero attached hydrogens (tertiary/aromatic N) is 10. The lowest BCUT2D eigenvalue weighted by Crippen LogP contribution is -2.47. The van der Waals surface area contributed by atoms with Gasteiger partial charge in [-0.15, -0.1) is 0 Å². The van der Waals surface area contributed by atoms with Crippen molar-refractivity contribution in [3.8, 4) is 34.5 Å². The van der Waals surface area contributed by atoms with Crippen molar-refractivity contribution in [3.05, 3.63) is 233 Å². The maximum absolute atomic E-state index is 14.1. The van der Waals surface area contributed by atoms with Crippen LogP contribution in [0.4, 0.5) is 22.7 Å². The Bertz CT molecular complexity index is 6490. The van der Waals surface area contributed by atoms with E-state index in [1.54, 1.807) is 53.7 Å². The molecule has 0 saturated carbocycles. The average molecular weight is 1870 g/mol. The normalized spacial score (nSPS) is 19.6. The molecular weight excluding hydrogens is 1760 g/mol. The summed E-state index contributed by atoms with van der Waals surface area (Å²) in [5, 5.41) is 27.7. The Hall–Kier alpha value is -11.4. The minimum atomic E-state index is -4.66. The third-order valence-corrected chi connectivity index (χ3v) is 31.1. The number of pyridine rings is 2. The predicted octanol–water partition coefficient (Wildman–Crippen LogP) is 15.4. The highest BCUT2D eigenvalue weighted by atomic mass is 35.5. The second kappa shape index (κ2) is 37.4. The molecule has 6 aliphatic heterocycles. The fraction of sp³-hybridized carbons (Fsp3) is 0.389. The molecule has 0 unspecified atom stereocenters. The number of nitrogens with one attached hydrogen (secondary N) is 4. The van der Waals surface area contributed by atoms with Crippen LogP contribution in [0.1, 0.15) is 122 Å². The van der Waals surface area contributed by atoms with Gasteiger partial charge in [0.15, 0.2) is 0 Å². The van der Waals surface area contributed by atoms with Gasteiger partial charge in [-0.25, -0.2) is 36.2 Å². The number of likely N-dealkylation sites (tertiary alicyclic amines) is 1. The molecule has 0 radical (unpaired) electrons. The second-order valence-electron chi connectivity index (χ2n) is 36.7. The summed E-state index contributed by atoms with van der Waals surface area (Å²) >= 11 is 12.5. The van der Waals surface area contributed by atoms with E-state index in [-0.39, 0.29) is 93.5 Å². The molecule has 2 aliphatic carbocycles. The summed E-state index contributed by atoms with van der Waals surface area (Å²) in [6.07, 6.45) is 14.6. The number of allylic oxidation sites excluding steroid dienone is 2. The minimum Gasteiger partial charge on any atom is -0.493 e. The molecule has 6 aromatic carbocycles. The van der Waals surface area contributed by atoms with Gasteiger partial charge in [0.25, 0.3) is 43.2 Å². The van der Waals surface area contributed by atoms with Crippen LogP contribution in [0.2, 0.25) is 10.0 Å². The van der Waals surface area contributed by atoms with E-state index in [0.717, 1.165) is 129 Å². The molecule has 0 spiro atoms. The van der Waals surface area contributed by atoms with Crippen LogP contribution in [-0.4, -0.2) is 217 Å². The fourth-order valence-corrected chi connectivity index (χ4v) is 22.5. The zero-order valence-electron chi connectivity index (χ0n) is 72.9. The van der Waals surface area contributed by atoms with Crippen LogP contribution in [0.15, 0.2) is 179 Å². The van der Waals surface area contributed by atoms with E-state index < -0.39 is 72.4 Å². The number of aromatic amines is 2. The van der Waals surface area contributed by atoms with Crippen molar-refractivity contribution in [2.75, 3.05) is 133 Å². The number of aromatic nitrogens is 4. The first-order chi connectivity index (χ1) is 62.1. The highest BCUT2D eigenvalue weighted by molar-refractivity contribution is 8.00. The molecule has 30 nitrogen and oxygen atoms in total. The van der Waals surface area contributed by atoms with Gasteiger partial charge in [0.05, 0.1) is 67.5 Å². The Morgan fingerprint density at radius 2 is 0.992 bits per heavy atom. The molecule has 4 fully saturated rings. The number of carbonyl (C=O) groups is 3. The van der Waals surface area contributed by atoms with Gasteiger partial charge in [0.1, 0.15) is 45.8 Å². The molecule has 10 heterocycles. The summed E-state index contributed by atoms with van der Waals surface area (Å²) in [7, 11) is -11.4. The lowest BCUT2D eigenvalue weighted by atomic mass is 9.72. The third-order valence-electron chi connectivity index (χ3n) is 26.1. The number of fused-ring (bicyclic) bond motifs is 4. The van der Waals surface area contributed by atoms with Crippen LogP contribution in [-0.2, 0) is 47.2 Å². The van der Waals surface area contributed by atoms with Crippen LogP contribution in [0.3, 0.4) is 0 Å². The van der Waals surface area contributed by atoms with Gasteiger partial charge in [-0.1, -0.05) is 86.3 Å². The number of benzene rings is 6. The van der Waals surface area contributed by atoms with Gasteiger partial charge in [0.2, 0.25) is 5.91 Å². The molecule has 682 valence electrons. The number of sulfonamides is 2. The monoisotopic (exact) mass is 1860 g/mol. The number of halogens is 2. The summed E-state index contributed by atoms with van der Waals surface area (Å²) in [4.78, 5) is 91.1.